The second-order valence-electron chi connectivity index (χ2n) is 6.05. The molecule has 1 atom stereocenters. The topological polar surface area (TPSA) is 55.4 Å². The highest BCUT2D eigenvalue weighted by molar-refractivity contribution is 7.91. The molecule has 1 fully saturated rings. The van der Waals surface area contributed by atoms with Crippen LogP contribution in [0.25, 0.3) is 0 Å². The van der Waals surface area contributed by atoms with Gasteiger partial charge in [-0.25, -0.2) is 8.42 Å². The maximum absolute atomic E-state index is 11.7. The zero-order valence-corrected chi connectivity index (χ0v) is 14.8. The predicted octanol–water partition coefficient (Wildman–Crippen LogP) is 2.92. The van der Waals surface area contributed by atoms with Gasteiger partial charge in [0.15, 0.2) is 0 Å². The van der Waals surface area contributed by atoms with Gasteiger partial charge in [0, 0.05) is 18.4 Å². The van der Waals surface area contributed by atoms with E-state index >= 15 is 0 Å². The number of ether oxygens (including phenoxy) is 1. The number of sulfone groups is 1. The first-order valence-electron chi connectivity index (χ1n) is 8.57. The van der Waals surface area contributed by atoms with Gasteiger partial charge in [0.25, 0.3) is 0 Å². The minimum absolute atomic E-state index is 0.0843. The van der Waals surface area contributed by atoms with Gasteiger partial charge in [-0.05, 0) is 39.2 Å². The molecule has 0 aromatic heterocycles. The molecule has 0 spiro atoms. The Kier molecular flexibility index (Phi) is 8.21. The van der Waals surface area contributed by atoms with Crippen LogP contribution in [0.15, 0.2) is 0 Å². The molecule has 5 heteroatoms. The van der Waals surface area contributed by atoms with Crippen molar-refractivity contribution in [3.63, 3.8) is 0 Å². The van der Waals surface area contributed by atoms with Crippen LogP contribution in [-0.4, -0.2) is 44.7 Å². The summed E-state index contributed by atoms with van der Waals surface area (Å²) in [5.74, 6) is 0.545. The molecule has 4 nitrogen and oxygen atoms in total. The highest BCUT2D eigenvalue weighted by Gasteiger charge is 2.39. The van der Waals surface area contributed by atoms with Gasteiger partial charge in [0.2, 0.25) is 0 Å². The molecule has 0 aromatic carbocycles. The van der Waals surface area contributed by atoms with Crippen molar-refractivity contribution in [3.8, 4) is 0 Å². The summed E-state index contributed by atoms with van der Waals surface area (Å²) in [5.41, 5.74) is -0.0843. The van der Waals surface area contributed by atoms with Crippen LogP contribution < -0.4 is 5.32 Å². The van der Waals surface area contributed by atoms with Gasteiger partial charge in [-0.3, -0.25) is 0 Å². The fourth-order valence-corrected chi connectivity index (χ4v) is 4.38. The average Bonchev–Trinajstić information content (AvgIpc) is 2.47. The molecular weight excluding hydrogens is 286 g/mol. The number of rotatable bonds is 10. The van der Waals surface area contributed by atoms with Crippen molar-refractivity contribution in [1.29, 1.82) is 0 Å². The van der Waals surface area contributed by atoms with E-state index in [1.807, 2.05) is 0 Å². The Morgan fingerprint density at radius 1 is 1.14 bits per heavy atom. The van der Waals surface area contributed by atoms with E-state index in [0.29, 0.717) is 5.75 Å². The highest BCUT2D eigenvalue weighted by Crippen LogP contribution is 2.36. The summed E-state index contributed by atoms with van der Waals surface area (Å²) in [4.78, 5) is 0. The van der Waals surface area contributed by atoms with Crippen molar-refractivity contribution in [2.24, 2.45) is 0 Å². The Bertz CT molecular complexity index is 369. The number of likely N-dealkylation sites (N-methyl/N-ethyl adjacent to an activating group) is 1. The van der Waals surface area contributed by atoms with E-state index in [1.54, 1.807) is 6.92 Å². The lowest BCUT2D eigenvalue weighted by molar-refractivity contribution is -0.0912. The molecule has 1 aliphatic rings. The summed E-state index contributed by atoms with van der Waals surface area (Å²) in [6.45, 7) is 7.52. The molecule has 0 radical (unpaired) electrons. The molecule has 1 unspecified atom stereocenters. The van der Waals surface area contributed by atoms with Gasteiger partial charge < -0.3 is 10.1 Å². The SMILES string of the molecule is CCNC(CCCS(=O)(=O)CC)C1(OCC)CCCCC1. The van der Waals surface area contributed by atoms with E-state index in [-0.39, 0.29) is 17.4 Å². The standard InChI is InChI=1S/C16H33NO3S/c1-4-17-15(11-10-14-21(18,19)6-3)16(20-5-2)12-8-7-9-13-16/h15,17H,4-14H2,1-3H3. The van der Waals surface area contributed by atoms with Crippen LogP contribution in [0.3, 0.4) is 0 Å². The van der Waals surface area contributed by atoms with E-state index < -0.39 is 9.84 Å². The maximum atomic E-state index is 11.7. The van der Waals surface area contributed by atoms with Crippen LogP contribution in [0, 0.1) is 0 Å². The number of hydrogen-bond donors (Lipinski definition) is 1. The predicted molar refractivity (Wildman–Crippen MR) is 88.5 cm³/mol. The summed E-state index contributed by atoms with van der Waals surface area (Å²) in [6, 6.07) is 0.273. The van der Waals surface area contributed by atoms with Crippen molar-refractivity contribution in [2.45, 2.75) is 77.4 Å². The third-order valence-electron chi connectivity index (χ3n) is 4.61. The van der Waals surface area contributed by atoms with Crippen molar-refractivity contribution in [2.75, 3.05) is 24.7 Å². The lowest BCUT2D eigenvalue weighted by atomic mass is 9.77. The fourth-order valence-electron chi connectivity index (χ4n) is 3.48. The van der Waals surface area contributed by atoms with Crippen molar-refractivity contribution in [1.82, 2.24) is 5.32 Å². The Hall–Kier alpha value is -0.130. The zero-order valence-electron chi connectivity index (χ0n) is 14.0. The largest absolute Gasteiger partial charge is 0.374 e. The van der Waals surface area contributed by atoms with Gasteiger partial charge >= 0.3 is 0 Å². The van der Waals surface area contributed by atoms with E-state index in [4.69, 9.17) is 4.74 Å². The molecule has 1 saturated carbocycles. The zero-order chi connectivity index (χ0) is 15.8. The summed E-state index contributed by atoms with van der Waals surface area (Å²) in [5, 5.41) is 3.56. The van der Waals surface area contributed by atoms with Crippen LogP contribution >= 0.6 is 0 Å². The van der Waals surface area contributed by atoms with E-state index in [9.17, 15) is 8.42 Å². The minimum atomic E-state index is -2.86. The molecule has 0 amide bonds. The second kappa shape index (κ2) is 9.11. The molecule has 0 aromatic rings. The van der Waals surface area contributed by atoms with Gasteiger partial charge in [-0.2, -0.15) is 0 Å². The highest BCUT2D eigenvalue weighted by atomic mass is 32.2. The van der Waals surface area contributed by atoms with Gasteiger partial charge in [-0.1, -0.05) is 33.1 Å². The maximum Gasteiger partial charge on any atom is 0.150 e. The third kappa shape index (κ3) is 5.87. The number of nitrogens with one attached hydrogen (secondary N) is 1. The van der Waals surface area contributed by atoms with Crippen LogP contribution in [-0.2, 0) is 14.6 Å². The molecular formula is C16H33NO3S. The van der Waals surface area contributed by atoms with Crippen molar-refractivity contribution < 1.29 is 13.2 Å². The molecule has 0 aliphatic heterocycles. The summed E-state index contributed by atoms with van der Waals surface area (Å²) in [6.07, 6.45) is 7.52. The number of hydrogen-bond acceptors (Lipinski definition) is 4. The molecule has 21 heavy (non-hydrogen) atoms. The molecule has 1 rings (SSSR count). The lowest BCUT2D eigenvalue weighted by Gasteiger charge is -2.44. The van der Waals surface area contributed by atoms with Gasteiger partial charge in [0.1, 0.15) is 9.84 Å². The molecule has 0 saturated heterocycles. The van der Waals surface area contributed by atoms with Gasteiger partial charge in [0.05, 0.1) is 11.4 Å². The first-order chi connectivity index (χ1) is 9.99. The summed E-state index contributed by atoms with van der Waals surface area (Å²) >= 11 is 0. The Labute approximate surface area is 130 Å². The second-order valence-corrected chi connectivity index (χ2v) is 8.52. The molecule has 126 valence electrons. The van der Waals surface area contributed by atoms with Crippen LogP contribution in [0.1, 0.15) is 65.7 Å². The van der Waals surface area contributed by atoms with E-state index in [2.05, 4.69) is 19.2 Å². The molecule has 1 aliphatic carbocycles. The molecule has 0 heterocycles. The van der Waals surface area contributed by atoms with E-state index in [1.165, 1.54) is 19.3 Å². The summed E-state index contributed by atoms with van der Waals surface area (Å²) in [7, 11) is -2.86. The molecule has 1 N–H and O–H groups in total. The normalized spacial score (nSPS) is 20.3. The Morgan fingerprint density at radius 3 is 2.33 bits per heavy atom. The van der Waals surface area contributed by atoms with Crippen LogP contribution in [0.5, 0.6) is 0 Å². The first kappa shape index (κ1) is 18.9. The smallest absolute Gasteiger partial charge is 0.150 e. The lowest BCUT2D eigenvalue weighted by Crippen LogP contribution is -2.53. The van der Waals surface area contributed by atoms with Crippen LogP contribution in [0.4, 0.5) is 0 Å². The van der Waals surface area contributed by atoms with Crippen molar-refractivity contribution >= 4 is 9.84 Å². The summed E-state index contributed by atoms with van der Waals surface area (Å²) < 4.78 is 29.5. The Morgan fingerprint density at radius 2 is 1.81 bits per heavy atom. The Balaban J connectivity index is 2.68. The van der Waals surface area contributed by atoms with Gasteiger partial charge in [-0.15, -0.1) is 0 Å². The van der Waals surface area contributed by atoms with E-state index in [0.717, 1.165) is 38.8 Å². The van der Waals surface area contributed by atoms with Crippen molar-refractivity contribution in [3.05, 3.63) is 0 Å². The quantitative estimate of drug-likeness (QED) is 0.672. The van der Waals surface area contributed by atoms with Crippen LogP contribution in [0.2, 0.25) is 0 Å². The monoisotopic (exact) mass is 319 g/mol. The minimum Gasteiger partial charge on any atom is -0.374 e. The average molecular weight is 320 g/mol. The first-order valence-corrected chi connectivity index (χ1v) is 10.4. The fraction of sp³-hybridized carbons (Fsp3) is 1.00. The third-order valence-corrected chi connectivity index (χ3v) is 6.40. The molecule has 0 bridgehead atoms.